The molecule has 20 heavy (non-hydrogen) atoms. The van der Waals surface area contributed by atoms with Gasteiger partial charge in [0.1, 0.15) is 6.10 Å². The highest BCUT2D eigenvalue weighted by molar-refractivity contribution is 6.74. The van der Waals surface area contributed by atoms with Crippen LogP contribution in [0.3, 0.4) is 0 Å². The summed E-state index contributed by atoms with van der Waals surface area (Å²) in [6.07, 6.45) is 10.5. The van der Waals surface area contributed by atoms with Crippen LogP contribution in [0.2, 0.25) is 18.1 Å². The van der Waals surface area contributed by atoms with Crippen molar-refractivity contribution in [1.82, 2.24) is 0 Å². The summed E-state index contributed by atoms with van der Waals surface area (Å²) in [5.41, 5.74) is 0. The quantitative estimate of drug-likeness (QED) is 0.385. The van der Waals surface area contributed by atoms with Crippen LogP contribution < -0.4 is 0 Å². The largest absolute Gasteiger partial charge is 0.408 e. The third-order valence-electron chi connectivity index (χ3n) is 4.01. The maximum atomic E-state index is 10.3. The van der Waals surface area contributed by atoms with Gasteiger partial charge in [0.25, 0.3) is 0 Å². The molecule has 0 aromatic rings. The van der Waals surface area contributed by atoms with E-state index in [0.29, 0.717) is 0 Å². The lowest BCUT2D eigenvalue weighted by Gasteiger charge is -2.39. The van der Waals surface area contributed by atoms with Crippen LogP contribution >= 0.6 is 0 Å². The molecule has 0 aromatic heterocycles. The van der Waals surface area contributed by atoms with Crippen molar-refractivity contribution in [2.75, 3.05) is 0 Å². The number of aliphatic hydroxyl groups excluding tert-OH is 1. The van der Waals surface area contributed by atoms with E-state index in [0.717, 1.165) is 6.42 Å². The van der Waals surface area contributed by atoms with Gasteiger partial charge in [-0.05, 0) is 31.5 Å². The van der Waals surface area contributed by atoms with Gasteiger partial charge >= 0.3 is 0 Å². The summed E-state index contributed by atoms with van der Waals surface area (Å²) >= 11 is 0. The number of aliphatic hydroxyl groups is 1. The third kappa shape index (κ3) is 6.87. The van der Waals surface area contributed by atoms with Crippen molar-refractivity contribution in [3.63, 3.8) is 0 Å². The SMILES string of the molecule is C/C=C/[C@H](O[Si](C)(C)C(C)(C)C)[C@@H](O)/C=C/CCCC. The number of rotatable bonds is 8. The molecular formula is C17H34O2Si. The maximum Gasteiger partial charge on any atom is 0.193 e. The van der Waals surface area contributed by atoms with E-state index in [1.54, 1.807) is 0 Å². The minimum atomic E-state index is -1.87. The van der Waals surface area contributed by atoms with Crippen molar-refractivity contribution in [2.45, 2.75) is 84.2 Å². The van der Waals surface area contributed by atoms with Crippen LogP contribution in [-0.2, 0) is 4.43 Å². The molecule has 0 aliphatic heterocycles. The number of allylic oxidation sites excluding steroid dienone is 2. The van der Waals surface area contributed by atoms with Crippen molar-refractivity contribution in [3.8, 4) is 0 Å². The molecular weight excluding hydrogens is 264 g/mol. The van der Waals surface area contributed by atoms with Gasteiger partial charge in [0.05, 0.1) is 6.10 Å². The standard InChI is InChI=1S/C17H34O2Si/c1-8-10-11-12-14-15(18)16(13-9-2)19-20(6,7)17(3,4)5/h9,12-16,18H,8,10-11H2,1-7H3/b13-9+,14-12+/t15-,16-/m0/s1. The monoisotopic (exact) mass is 298 g/mol. The van der Waals surface area contributed by atoms with Gasteiger partial charge in [0.15, 0.2) is 8.32 Å². The Labute approximate surface area is 127 Å². The summed E-state index contributed by atoms with van der Waals surface area (Å²) in [4.78, 5) is 0. The lowest BCUT2D eigenvalue weighted by molar-refractivity contribution is 0.0872. The van der Waals surface area contributed by atoms with Crippen molar-refractivity contribution < 1.29 is 9.53 Å². The summed E-state index contributed by atoms with van der Waals surface area (Å²) in [7, 11) is -1.87. The van der Waals surface area contributed by atoms with Crippen molar-refractivity contribution in [2.24, 2.45) is 0 Å². The zero-order valence-corrected chi connectivity index (χ0v) is 15.4. The summed E-state index contributed by atoms with van der Waals surface area (Å²) in [5.74, 6) is 0. The normalized spacial score (nSPS) is 17.0. The van der Waals surface area contributed by atoms with E-state index >= 15 is 0 Å². The zero-order valence-electron chi connectivity index (χ0n) is 14.4. The molecule has 0 aliphatic rings. The molecule has 0 aliphatic carbocycles. The molecule has 0 spiro atoms. The summed E-state index contributed by atoms with van der Waals surface area (Å²) in [6.45, 7) is 15.2. The zero-order chi connectivity index (χ0) is 15.8. The van der Waals surface area contributed by atoms with Crippen LogP contribution in [0.1, 0.15) is 53.9 Å². The highest BCUT2D eigenvalue weighted by Gasteiger charge is 2.39. The van der Waals surface area contributed by atoms with Gasteiger partial charge in [-0.3, -0.25) is 0 Å². The first-order valence-electron chi connectivity index (χ1n) is 7.81. The Morgan fingerprint density at radius 2 is 1.80 bits per heavy atom. The fourth-order valence-corrected chi connectivity index (χ4v) is 2.85. The molecule has 0 saturated heterocycles. The minimum absolute atomic E-state index is 0.151. The summed E-state index contributed by atoms with van der Waals surface area (Å²) in [5, 5.41) is 10.5. The molecule has 0 saturated carbocycles. The topological polar surface area (TPSA) is 29.5 Å². The first-order chi connectivity index (χ1) is 9.15. The van der Waals surface area contributed by atoms with Gasteiger partial charge in [0, 0.05) is 0 Å². The Morgan fingerprint density at radius 3 is 2.25 bits per heavy atom. The van der Waals surface area contributed by atoms with Gasteiger partial charge in [-0.1, -0.05) is 64.8 Å². The molecule has 118 valence electrons. The smallest absolute Gasteiger partial charge is 0.193 e. The Kier molecular flexibility index (Phi) is 8.64. The molecule has 3 heteroatoms. The van der Waals surface area contributed by atoms with Crippen LogP contribution in [-0.4, -0.2) is 25.6 Å². The van der Waals surface area contributed by atoms with E-state index < -0.39 is 14.4 Å². The Morgan fingerprint density at radius 1 is 1.20 bits per heavy atom. The molecule has 0 amide bonds. The summed E-state index contributed by atoms with van der Waals surface area (Å²) in [6, 6.07) is 0. The maximum absolute atomic E-state index is 10.3. The van der Waals surface area contributed by atoms with Crippen LogP contribution in [0.4, 0.5) is 0 Å². The van der Waals surface area contributed by atoms with E-state index in [2.05, 4.69) is 46.9 Å². The molecule has 0 rings (SSSR count). The highest BCUT2D eigenvalue weighted by Crippen LogP contribution is 2.37. The molecule has 2 atom stereocenters. The Bertz CT molecular complexity index is 313. The lowest BCUT2D eigenvalue weighted by Crippen LogP contribution is -2.46. The Balaban J connectivity index is 4.76. The summed E-state index contributed by atoms with van der Waals surface area (Å²) < 4.78 is 6.31. The average molecular weight is 299 g/mol. The van der Waals surface area contributed by atoms with Gasteiger partial charge in [-0.15, -0.1) is 0 Å². The molecule has 0 fully saturated rings. The van der Waals surface area contributed by atoms with Gasteiger partial charge < -0.3 is 9.53 Å². The molecule has 0 bridgehead atoms. The number of hydrogen-bond acceptors (Lipinski definition) is 2. The molecule has 1 N–H and O–H groups in total. The minimum Gasteiger partial charge on any atom is -0.408 e. The highest BCUT2D eigenvalue weighted by atomic mass is 28.4. The molecule has 0 heterocycles. The van der Waals surface area contributed by atoms with E-state index in [9.17, 15) is 5.11 Å². The van der Waals surface area contributed by atoms with Crippen molar-refractivity contribution in [1.29, 1.82) is 0 Å². The van der Waals surface area contributed by atoms with Gasteiger partial charge in [0.2, 0.25) is 0 Å². The fourth-order valence-electron chi connectivity index (χ4n) is 1.60. The fraction of sp³-hybridized carbons (Fsp3) is 0.765. The second-order valence-electron chi connectivity index (χ2n) is 6.93. The van der Waals surface area contributed by atoms with Crippen molar-refractivity contribution >= 4 is 8.32 Å². The Hall–Kier alpha value is -0.383. The van der Waals surface area contributed by atoms with Gasteiger partial charge in [-0.25, -0.2) is 0 Å². The van der Waals surface area contributed by atoms with Crippen LogP contribution in [0, 0.1) is 0 Å². The third-order valence-corrected chi connectivity index (χ3v) is 8.49. The predicted octanol–water partition coefficient (Wildman–Crippen LogP) is 5.06. The lowest BCUT2D eigenvalue weighted by atomic mass is 10.1. The van der Waals surface area contributed by atoms with E-state index in [1.165, 1.54) is 12.8 Å². The molecule has 0 aromatic carbocycles. The first kappa shape index (κ1) is 19.6. The molecule has 0 unspecified atom stereocenters. The van der Waals surface area contributed by atoms with E-state index in [4.69, 9.17) is 4.43 Å². The second kappa shape index (κ2) is 8.80. The number of hydrogen-bond donors (Lipinski definition) is 1. The van der Waals surface area contributed by atoms with Crippen LogP contribution in [0.25, 0.3) is 0 Å². The molecule has 0 radical (unpaired) electrons. The van der Waals surface area contributed by atoms with Crippen LogP contribution in [0.5, 0.6) is 0 Å². The van der Waals surface area contributed by atoms with Gasteiger partial charge in [-0.2, -0.15) is 0 Å². The van der Waals surface area contributed by atoms with E-state index in [-0.39, 0.29) is 11.1 Å². The number of unbranched alkanes of at least 4 members (excludes halogenated alkanes) is 2. The average Bonchev–Trinajstić information content (AvgIpc) is 2.32. The second-order valence-corrected chi connectivity index (χ2v) is 11.7. The predicted molar refractivity (Wildman–Crippen MR) is 91.6 cm³/mol. The van der Waals surface area contributed by atoms with Crippen molar-refractivity contribution in [3.05, 3.63) is 24.3 Å². The first-order valence-corrected chi connectivity index (χ1v) is 10.7. The van der Waals surface area contributed by atoms with E-state index in [1.807, 2.05) is 25.2 Å². The molecule has 2 nitrogen and oxygen atoms in total. The van der Waals surface area contributed by atoms with Crippen LogP contribution in [0.15, 0.2) is 24.3 Å².